The molecule has 1 aliphatic rings. The van der Waals surface area contributed by atoms with E-state index in [-0.39, 0.29) is 17.9 Å². The van der Waals surface area contributed by atoms with Crippen molar-refractivity contribution in [3.63, 3.8) is 0 Å². The van der Waals surface area contributed by atoms with Crippen LogP contribution in [0.1, 0.15) is 21.5 Å². The minimum Gasteiger partial charge on any atom is -0.503 e. The molecule has 112 valence electrons. The van der Waals surface area contributed by atoms with Gasteiger partial charge >= 0.3 is 0 Å². The lowest BCUT2D eigenvalue weighted by Crippen LogP contribution is -2.18. The zero-order valence-corrected chi connectivity index (χ0v) is 11.5. The Hall–Kier alpha value is -2.89. The van der Waals surface area contributed by atoms with Gasteiger partial charge < -0.3 is 15.4 Å². The fraction of sp³-hybridized carbons (Fsp3) is 0.125. The molecule has 1 amide bonds. The fourth-order valence-electron chi connectivity index (χ4n) is 2.40. The van der Waals surface area contributed by atoms with Crippen molar-refractivity contribution in [1.82, 2.24) is 10.3 Å². The van der Waals surface area contributed by atoms with Crippen LogP contribution < -0.4 is 5.32 Å². The number of aromatic amines is 1. The van der Waals surface area contributed by atoms with Crippen LogP contribution in [0.2, 0.25) is 0 Å². The van der Waals surface area contributed by atoms with Crippen LogP contribution in [0.4, 0.5) is 4.39 Å². The van der Waals surface area contributed by atoms with E-state index in [1.807, 2.05) is 0 Å². The zero-order chi connectivity index (χ0) is 15.7. The second-order valence-electron chi connectivity index (χ2n) is 5.04. The average Bonchev–Trinajstić information content (AvgIpc) is 3.09. The maximum Gasteiger partial charge on any atom is 0.286 e. The van der Waals surface area contributed by atoms with E-state index in [9.17, 15) is 19.1 Å². The second kappa shape index (κ2) is 5.48. The highest BCUT2D eigenvalue weighted by atomic mass is 19.1. The number of hydrogen-bond acceptors (Lipinski definition) is 3. The summed E-state index contributed by atoms with van der Waals surface area (Å²) < 4.78 is 12.9. The average molecular weight is 300 g/mol. The smallest absolute Gasteiger partial charge is 0.286 e. The van der Waals surface area contributed by atoms with Gasteiger partial charge in [0.15, 0.2) is 11.5 Å². The topological polar surface area (TPSA) is 82.2 Å². The lowest BCUT2D eigenvalue weighted by Gasteiger charge is -2.04. The molecule has 22 heavy (non-hydrogen) atoms. The molecule has 0 atom stereocenters. The molecule has 0 saturated carbocycles. The first kappa shape index (κ1) is 14.1. The van der Waals surface area contributed by atoms with Crippen LogP contribution in [0.3, 0.4) is 0 Å². The van der Waals surface area contributed by atoms with Gasteiger partial charge in [0.05, 0.1) is 12.1 Å². The van der Waals surface area contributed by atoms with E-state index in [0.29, 0.717) is 12.0 Å². The maximum atomic E-state index is 12.9. The van der Waals surface area contributed by atoms with E-state index in [2.05, 4.69) is 10.3 Å². The highest BCUT2D eigenvalue weighted by Gasteiger charge is 2.29. The Morgan fingerprint density at radius 1 is 1.23 bits per heavy atom. The molecule has 0 spiro atoms. The molecule has 0 fully saturated rings. The van der Waals surface area contributed by atoms with E-state index in [4.69, 9.17) is 0 Å². The maximum absolute atomic E-state index is 12.9. The zero-order valence-electron chi connectivity index (χ0n) is 11.5. The SMILES string of the molecule is O=C1NCC(C(=O)c2c[nH]cc2Cc2ccc(F)cc2)=C1O. The van der Waals surface area contributed by atoms with Crippen LogP contribution >= 0.6 is 0 Å². The van der Waals surface area contributed by atoms with Crippen molar-refractivity contribution < 1.29 is 19.1 Å². The summed E-state index contributed by atoms with van der Waals surface area (Å²) in [4.78, 5) is 26.5. The van der Waals surface area contributed by atoms with Crippen molar-refractivity contribution in [3.05, 3.63) is 70.5 Å². The van der Waals surface area contributed by atoms with Gasteiger partial charge in [0, 0.05) is 18.0 Å². The molecule has 2 aromatic rings. The number of carbonyl (C=O) groups excluding carboxylic acids is 2. The number of Topliss-reactive ketones (excluding diaryl/α,β-unsaturated/α-hetero) is 1. The normalized spacial score (nSPS) is 14.3. The molecule has 0 bridgehead atoms. The number of nitrogens with one attached hydrogen (secondary N) is 2. The molecule has 1 aromatic carbocycles. The quantitative estimate of drug-likeness (QED) is 0.754. The molecule has 5 nitrogen and oxygen atoms in total. The molecular weight excluding hydrogens is 287 g/mol. The van der Waals surface area contributed by atoms with Crippen LogP contribution in [0.5, 0.6) is 0 Å². The Labute approximate surface area is 125 Å². The Morgan fingerprint density at radius 2 is 1.95 bits per heavy atom. The summed E-state index contributed by atoms with van der Waals surface area (Å²) in [5.74, 6) is -1.88. The van der Waals surface area contributed by atoms with E-state index >= 15 is 0 Å². The third-order valence-electron chi connectivity index (χ3n) is 3.58. The van der Waals surface area contributed by atoms with Gasteiger partial charge in [-0.3, -0.25) is 9.59 Å². The first-order chi connectivity index (χ1) is 10.6. The number of aromatic nitrogens is 1. The minimum atomic E-state index is -0.640. The number of rotatable bonds is 4. The van der Waals surface area contributed by atoms with Gasteiger partial charge in [-0.1, -0.05) is 12.1 Å². The van der Waals surface area contributed by atoms with Crippen molar-refractivity contribution in [3.8, 4) is 0 Å². The molecule has 0 unspecified atom stereocenters. The Morgan fingerprint density at radius 3 is 2.59 bits per heavy atom. The minimum absolute atomic E-state index is 0.0185. The number of carbonyl (C=O) groups is 2. The molecule has 1 aliphatic heterocycles. The van der Waals surface area contributed by atoms with Crippen molar-refractivity contribution in [2.45, 2.75) is 6.42 Å². The Bertz CT molecular complexity index is 775. The number of hydrogen-bond donors (Lipinski definition) is 3. The summed E-state index contributed by atoms with van der Waals surface area (Å²) in [7, 11) is 0. The van der Waals surface area contributed by atoms with E-state index in [1.165, 1.54) is 18.3 Å². The predicted octanol–water partition coefficient (Wildman–Crippen LogP) is 1.87. The second-order valence-corrected chi connectivity index (χ2v) is 5.04. The Kier molecular flexibility index (Phi) is 3.50. The summed E-state index contributed by atoms with van der Waals surface area (Å²) in [6.07, 6.45) is 3.66. The summed E-state index contributed by atoms with van der Waals surface area (Å²) in [6.45, 7) is 0.0185. The van der Waals surface area contributed by atoms with Gasteiger partial charge in [-0.2, -0.15) is 0 Å². The Balaban J connectivity index is 1.88. The number of amides is 1. The lowest BCUT2D eigenvalue weighted by atomic mass is 9.98. The molecule has 2 heterocycles. The number of halogens is 1. The van der Waals surface area contributed by atoms with Crippen molar-refractivity contribution in [2.24, 2.45) is 0 Å². The van der Waals surface area contributed by atoms with Crippen molar-refractivity contribution in [2.75, 3.05) is 6.54 Å². The van der Waals surface area contributed by atoms with E-state index in [0.717, 1.165) is 11.1 Å². The third kappa shape index (κ3) is 2.50. The van der Waals surface area contributed by atoms with Gasteiger partial charge in [-0.05, 0) is 29.7 Å². The number of H-pyrrole nitrogens is 1. The molecule has 0 aliphatic carbocycles. The number of ketones is 1. The van der Waals surface area contributed by atoms with Gasteiger partial charge in [0.2, 0.25) is 0 Å². The third-order valence-corrected chi connectivity index (χ3v) is 3.58. The van der Waals surface area contributed by atoms with Gasteiger partial charge in [-0.25, -0.2) is 4.39 Å². The van der Waals surface area contributed by atoms with Gasteiger partial charge in [0.25, 0.3) is 5.91 Å². The van der Waals surface area contributed by atoms with Crippen LogP contribution in [0, 0.1) is 5.82 Å². The molecule has 1 aromatic heterocycles. The molecule has 6 heteroatoms. The van der Waals surface area contributed by atoms with Crippen LogP contribution in [0.15, 0.2) is 48.0 Å². The van der Waals surface area contributed by atoms with Gasteiger partial charge in [0.1, 0.15) is 5.82 Å². The highest BCUT2D eigenvalue weighted by molar-refractivity contribution is 6.15. The number of benzene rings is 1. The van der Waals surface area contributed by atoms with E-state index in [1.54, 1.807) is 18.3 Å². The monoisotopic (exact) mass is 300 g/mol. The molecule has 3 rings (SSSR count). The van der Waals surface area contributed by atoms with Crippen LogP contribution in [-0.4, -0.2) is 28.3 Å². The number of aliphatic hydroxyl groups is 1. The summed E-state index contributed by atoms with van der Waals surface area (Å²) >= 11 is 0. The molecule has 0 radical (unpaired) electrons. The summed E-state index contributed by atoms with van der Waals surface area (Å²) in [5.41, 5.74) is 2.03. The fourth-order valence-corrected chi connectivity index (χ4v) is 2.40. The van der Waals surface area contributed by atoms with Crippen LogP contribution in [-0.2, 0) is 11.2 Å². The predicted molar refractivity (Wildman–Crippen MR) is 77.0 cm³/mol. The largest absolute Gasteiger partial charge is 0.503 e. The molecular formula is C16H13FN2O3. The number of aliphatic hydroxyl groups excluding tert-OH is 1. The van der Waals surface area contributed by atoms with Crippen molar-refractivity contribution in [1.29, 1.82) is 0 Å². The van der Waals surface area contributed by atoms with Crippen molar-refractivity contribution >= 4 is 11.7 Å². The highest BCUT2D eigenvalue weighted by Crippen LogP contribution is 2.20. The molecule has 3 N–H and O–H groups in total. The van der Waals surface area contributed by atoms with Gasteiger partial charge in [-0.15, -0.1) is 0 Å². The molecule has 0 saturated heterocycles. The first-order valence-corrected chi connectivity index (χ1v) is 6.71. The van der Waals surface area contributed by atoms with Crippen LogP contribution in [0.25, 0.3) is 0 Å². The standard InChI is InChI=1S/C16H13FN2O3/c17-11-3-1-9(2-4-11)5-10-6-18-7-12(10)14(20)13-8-19-16(22)15(13)21/h1-4,6-7,18,21H,5,8H2,(H,19,22). The van der Waals surface area contributed by atoms with E-state index < -0.39 is 17.4 Å². The first-order valence-electron chi connectivity index (χ1n) is 6.71. The summed E-state index contributed by atoms with van der Waals surface area (Å²) in [5, 5.41) is 12.0. The summed E-state index contributed by atoms with van der Waals surface area (Å²) in [6, 6.07) is 6.01. The lowest BCUT2D eigenvalue weighted by molar-refractivity contribution is -0.118.